The Morgan fingerprint density at radius 2 is 2.00 bits per heavy atom. The van der Waals surface area contributed by atoms with Crippen molar-refractivity contribution in [3.63, 3.8) is 0 Å². The van der Waals surface area contributed by atoms with Gasteiger partial charge in [0.25, 0.3) is 0 Å². The van der Waals surface area contributed by atoms with Crippen molar-refractivity contribution >= 4 is 47.2 Å². The molecule has 6 nitrogen and oxygen atoms in total. The maximum atomic E-state index is 12.3. The zero-order valence-electron chi connectivity index (χ0n) is 12.2. The molecule has 2 aromatic rings. The van der Waals surface area contributed by atoms with Gasteiger partial charge in [-0.1, -0.05) is 6.07 Å². The summed E-state index contributed by atoms with van der Waals surface area (Å²) in [5, 5.41) is 5.21. The van der Waals surface area contributed by atoms with E-state index >= 15 is 0 Å². The van der Waals surface area contributed by atoms with Gasteiger partial charge in [-0.2, -0.15) is 0 Å². The van der Waals surface area contributed by atoms with Gasteiger partial charge in [0, 0.05) is 24.8 Å². The number of carbonyl (C=O) groups is 1. The molecule has 2 aromatic heterocycles. The summed E-state index contributed by atoms with van der Waals surface area (Å²) in [5.41, 5.74) is 6.80. The Bertz CT molecular complexity index is 633. The van der Waals surface area contributed by atoms with Crippen LogP contribution in [0.4, 0.5) is 5.13 Å². The second-order valence-corrected chi connectivity index (χ2v) is 5.83. The molecule has 23 heavy (non-hydrogen) atoms. The fourth-order valence-corrected chi connectivity index (χ4v) is 2.85. The van der Waals surface area contributed by atoms with Crippen molar-refractivity contribution < 1.29 is 9.53 Å². The SMILES string of the molecule is Cl.Cl.NC1(C(=O)Nc2nc(-c3ccccn3)cs2)CCOCC1. The zero-order chi connectivity index (χ0) is 14.7. The molecule has 0 atom stereocenters. The molecule has 3 heterocycles. The molecule has 0 aliphatic carbocycles. The molecule has 0 aromatic carbocycles. The highest BCUT2D eigenvalue weighted by atomic mass is 35.5. The molecule has 0 radical (unpaired) electrons. The van der Waals surface area contributed by atoms with Gasteiger partial charge >= 0.3 is 0 Å². The predicted molar refractivity (Wildman–Crippen MR) is 95.4 cm³/mol. The van der Waals surface area contributed by atoms with E-state index in [4.69, 9.17) is 10.5 Å². The lowest BCUT2D eigenvalue weighted by molar-refractivity contribution is -0.124. The number of halogens is 2. The average molecular weight is 377 g/mol. The minimum Gasteiger partial charge on any atom is -0.381 e. The summed E-state index contributed by atoms with van der Waals surface area (Å²) in [6.07, 6.45) is 2.76. The lowest BCUT2D eigenvalue weighted by atomic mass is 9.90. The molecule has 126 valence electrons. The van der Waals surface area contributed by atoms with Gasteiger partial charge in [0.05, 0.1) is 5.69 Å². The second kappa shape index (κ2) is 8.56. The van der Waals surface area contributed by atoms with E-state index in [-0.39, 0.29) is 30.7 Å². The van der Waals surface area contributed by atoms with E-state index in [0.29, 0.717) is 31.2 Å². The van der Waals surface area contributed by atoms with Gasteiger partial charge in [-0.05, 0) is 25.0 Å². The number of anilines is 1. The minimum atomic E-state index is -0.866. The third kappa shape index (κ3) is 4.62. The summed E-state index contributed by atoms with van der Waals surface area (Å²) in [6.45, 7) is 1.03. The number of amides is 1. The number of aromatic nitrogens is 2. The van der Waals surface area contributed by atoms with Crippen molar-refractivity contribution in [2.24, 2.45) is 5.73 Å². The van der Waals surface area contributed by atoms with Crippen molar-refractivity contribution in [1.29, 1.82) is 0 Å². The van der Waals surface area contributed by atoms with Gasteiger partial charge in [-0.3, -0.25) is 9.78 Å². The van der Waals surface area contributed by atoms with Crippen LogP contribution < -0.4 is 11.1 Å². The zero-order valence-corrected chi connectivity index (χ0v) is 14.7. The van der Waals surface area contributed by atoms with Crippen molar-refractivity contribution in [1.82, 2.24) is 9.97 Å². The van der Waals surface area contributed by atoms with E-state index in [1.165, 1.54) is 11.3 Å². The second-order valence-electron chi connectivity index (χ2n) is 4.98. The van der Waals surface area contributed by atoms with Crippen LogP contribution in [0.2, 0.25) is 0 Å². The number of nitrogens with zero attached hydrogens (tertiary/aromatic N) is 2. The minimum absolute atomic E-state index is 0. The third-order valence-electron chi connectivity index (χ3n) is 3.49. The molecule has 3 N–H and O–H groups in total. The largest absolute Gasteiger partial charge is 0.381 e. The van der Waals surface area contributed by atoms with Gasteiger partial charge in [-0.15, -0.1) is 36.2 Å². The standard InChI is InChI=1S/C14H16N4O2S.2ClH/c15-14(4-7-20-8-5-14)12(19)18-13-17-11(9-21-13)10-3-1-2-6-16-10;;/h1-3,6,9H,4-5,7-8,15H2,(H,17,18,19);2*1H. The van der Waals surface area contributed by atoms with Crippen LogP contribution in [0.5, 0.6) is 0 Å². The molecule has 0 unspecified atom stereocenters. The van der Waals surface area contributed by atoms with E-state index in [1.807, 2.05) is 23.6 Å². The Morgan fingerprint density at radius 1 is 1.26 bits per heavy atom. The van der Waals surface area contributed by atoms with E-state index in [0.717, 1.165) is 11.4 Å². The highest BCUT2D eigenvalue weighted by Crippen LogP contribution is 2.25. The molecule has 0 bridgehead atoms. The number of nitrogens with one attached hydrogen (secondary N) is 1. The first kappa shape index (κ1) is 19.8. The smallest absolute Gasteiger partial charge is 0.246 e. The number of carbonyl (C=O) groups excluding carboxylic acids is 1. The molecule has 0 saturated carbocycles. The highest BCUT2D eigenvalue weighted by Gasteiger charge is 2.36. The molecule has 1 saturated heterocycles. The molecule has 1 amide bonds. The molecular formula is C14H18Cl2N4O2S. The summed E-state index contributed by atoms with van der Waals surface area (Å²) < 4.78 is 5.25. The fraction of sp³-hybridized carbons (Fsp3) is 0.357. The summed E-state index contributed by atoms with van der Waals surface area (Å²) in [6, 6.07) is 5.63. The van der Waals surface area contributed by atoms with Crippen molar-refractivity contribution in [3.05, 3.63) is 29.8 Å². The Hall–Kier alpha value is -1.25. The van der Waals surface area contributed by atoms with Gasteiger partial charge in [0.2, 0.25) is 5.91 Å². The van der Waals surface area contributed by atoms with Gasteiger partial charge < -0.3 is 15.8 Å². The number of rotatable bonds is 3. The first-order valence-electron chi connectivity index (χ1n) is 6.72. The number of hydrogen-bond acceptors (Lipinski definition) is 6. The normalized spacial score (nSPS) is 15.9. The Balaban J connectivity index is 0.00000132. The van der Waals surface area contributed by atoms with Crippen LogP contribution in [0, 0.1) is 0 Å². The number of nitrogens with two attached hydrogens (primary N) is 1. The monoisotopic (exact) mass is 376 g/mol. The molecular weight excluding hydrogens is 359 g/mol. The van der Waals surface area contributed by atoms with E-state index in [1.54, 1.807) is 6.20 Å². The van der Waals surface area contributed by atoms with Gasteiger partial charge in [0.1, 0.15) is 11.2 Å². The Morgan fingerprint density at radius 3 is 2.65 bits per heavy atom. The Kier molecular flexibility index (Phi) is 7.37. The van der Waals surface area contributed by atoms with Crippen LogP contribution in [0.1, 0.15) is 12.8 Å². The molecule has 1 fully saturated rings. The Labute approximate surface area is 150 Å². The molecule has 3 rings (SSSR count). The average Bonchev–Trinajstić information content (AvgIpc) is 2.97. The number of pyridine rings is 1. The van der Waals surface area contributed by atoms with Crippen LogP contribution in [0.15, 0.2) is 29.8 Å². The van der Waals surface area contributed by atoms with Crippen molar-refractivity contribution in [2.45, 2.75) is 18.4 Å². The lowest BCUT2D eigenvalue weighted by Gasteiger charge is -2.31. The van der Waals surface area contributed by atoms with Crippen molar-refractivity contribution in [3.8, 4) is 11.4 Å². The molecule has 1 aliphatic heterocycles. The van der Waals surface area contributed by atoms with E-state index < -0.39 is 5.54 Å². The predicted octanol–water partition coefficient (Wildman–Crippen LogP) is 2.50. The van der Waals surface area contributed by atoms with Crippen LogP contribution in [-0.4, -0.2) is 34.6 Å². The third-order valence-corrected chi connectivity index (χ3v) is 4.25. The summed E-state index contributed by atoms with van der Waals surface area (Å²) >= 11 is 1.37. The maximum absolute atomic E-state index is 12.3. The topological polar surface area (TPSA) is 90.1 Å². The number of ether oxygens (including phenoxy) is 1. The first-order chi connectivity index (χ1) is 10.2. The molecule has 0 spiro atoms. The van der Waals surface area contributed by atoms with Crippen LogP contribution in [0.3, 0.4) is 0 Å². The number of hydrogen-bond donors (Lipinski definition) is 2. The van der Waals surface area contributed by atoms with Crippen LogP contribution in [-0.2, 0) is 9.53 Å². The lowest BCUT2D eigenvalue weighted by Crippen LogP contribution is -2.54. The summed E-state index contributed by atoms with van der Waals surface area (Å²) in [5.74, 6) is -0.201. The van der Waals surface area contributed by atoms with E-state index in [2.05, 4.69) is 15.3 Å². The van der Waals surface area contributed by atoms with Gasteiger partial charge in [-0.25, -0.2) is 4.98 Å². The summed E-state index contributed by atoms with van der Waals surface area (Å²) in [4.78, 5) is 20.9. The molecule has 9 heteroatoms. The fourth-order valence-electron chi connectivity index (χ4n) is 2.15. The highest BCUT2D eigenvalue weighted by molar-refractivity contribution is 7.14. The van der Waals surface area contributed by atoms with Crippen LogP contribution >= 0.6 is 36.2 Å². The number of thiazole rings is 1. The van der Waals surface area contributed by atoms with Gasteiger partial charge in [0.15, 0.2) is 5.13 Å². The maximum Gasteiger partial charge on any atom is 0.246 e. The first-order valence-corrected chi connectivity index (χ1v) is 7.60. The quantitative estimate of drug-likeness (QED) is 0.858. The molecule has 1 aliphatic rings. The van der Waals surface area contributed by atoms with Crippen LogP contribution in [0.25, 0.3) is 11.4 Å². The van der Waals surface area contributed by atoms with Crippen molar-refractivity contribution in [2.75, 3.05) is 18.5 Å². The summed E-state index contributed by atoms with van der Waals surface area (Å²) in [7, 11) is 0. The van der Waals surface area contributed by atoms with E-state index in [9.17, 15) is 4.79 Å².